The van der Waals surface area contributed by atoms with Gasteiger partial charge in [-0.1, -0.05) is 12.1 Å². The summed E-state index contributed by atoms with van der Waals surface area (Å²) in [6.45, 7) is 1.26. The molecule has 1 aromatic carbocycles. The molecule has 1 aromatic rings. The predicted octanol–water partition coefficient (Wildman–Crippen LogP) is 0.931. The van der Waals surface area contributed by atoms with Gasteiger partial charge in [-0.2, -0.15) is 0 Å². The highest BCUT2D eigenvalue weighted by atomic mass is 127. The second-order valence-corrected chi connectivity index (χ2v) is 6.14. The fourth-order valence-electron chi connectivity index (χ4n) is 1.90. The minimum absolute atomic E-state index is 0.0126. The zero-order chi connectivity index (χ0) is 17.4. The average molecular weight is 428 g/mol. The quantitative estimate of drug-likeness (QED) is 0.445. The van der Waals surface area contributed by atoms with Crippen molar-refractivity contribution in [1.29, 1.82) is 0 Å². The summed E-state index contributed by atoms with van der Waals surface area (Å²) in [5.41, 5.74) is 0.783. The molecule has 23 heavy (non-hydrogen) atoms. The monoisotopic (exact) mass is 428 g/mol. The van der Waals surface area contributed by atoms with E-state index in [2.05, 4.69) is 39.1 Å². The third-order valence-corrected chi connectivity index (χ3v) is 3.70. The third-order valence-electron chi connectivity index (χ3n) is 2.98. The number of terminal acetylenes is 1. The van der Waals surface area contributed by atoms with Crippen LogP contribution in [-0.2, 0) is 20.8 Å². The van der Waals surface area contributed by atoms with Crippen LogP contribution in [0.3, 0.4) is 0 Å². The number of hydrogen-bond donors (Lipinski definition) is 3. The maximum atomic E-state index is 12.1. The number of aliphatic carboxylic acids is 1. The molecule has 0 aliphatic carbocycles. The Hall–Kier alpha value is -2.08. The van der Waals surface area contributed by atoms with Crippen LogP contribution in [0.2, 0.25) is 0 Å². The van der Waals surface area contributed by atoms with Crippen molar-refractivity contribution in [2.75, 3.05) is 0 Å². The number of rotatable bonds is 7. The Labute approximate surface area is 148 Å². The van der Waals surface area contributed by atoms with Gasteiger partial charge in [0.25, 0.3) is 0 Å². The largest absolute Gasteiger partial charge is 0.480 e. The second kappa shape index (κ2) is 9.15. The van der Waals surface area contributed by atoms with Gasteiger partial charge in [-0.3, -0.25) is 9.59 Å². The lowest BCUT2D eigenvalue weighted by Gasteiger charge is -2.19. The van der Waals surface area contributed by atoms with E-state index in [1.165, 1.54) is 6.92 Å². The van der Waals surface area contributed by atoms with E-state index in [1.807, 2.05) is 12.1 Å². The van der Waals surface area contributed by atoms with Crippen molar-refractivity contribution < 1.29 is 19.5 Å². The van der Waals surface area contributed by atoms with Gasteiger partial charge in [0.15, 0.2) is 0 Å². The molecule has 0 radical (unpaired) electrons. The molecule has 6 nitrogen and oxygen atoms in total. The van der Waals surface area contributed by atoms with Crippen molar-refractivity contribution in [3.05, 3.63) is 33.4 Å². The van der Waals surface area contributed by atoms with E-state index in [-0.39, 0.29) is 12.8 Å². The van der Waals surface area contributed by atoms with Crippen LogP contribution in [0.4, 0.5) is 0 Å². The van der Waals surface area contributed by atoms with E-state index in [0.29, 0.717) is 0 Å². The van der Waals surface area contributed by atoms with Crippen molar-refractivity contribution in [2.24, 2.45) is 0 Å². The average Bonchev–Trinajstić information content (AvgIpc) is 2.47. The summed E-state index contributed by atoms with van der Waals surface area (Å²) in [5.74, 6) is 0.108. The summed E-state index contributed by atoms with van der Waals surface area (Å²) >= 11 is 2.15. The standard InChI is InChI=1S/C16H17IN2O4/c1-3-4-13(18-10(2)20)15(21)19-14(16(22)23)9-11-5-7-12(17)8-6-11/h1,5-8,13-14H,4,9H2,2H3,(H,18,20)(H,19,21)(H,22,23)/t13-,14-/m0/s1. The van der Waals surface area contributed by atoms with Crippen molar-refractivity contribution in [3.8, 4) is 12.3 Å². The van der Waals surface area contributed by atoms with Crippen LogP contribution in [0.25, 0.3) is 0 Å². The van der Waals surface area contributed by atoms with Gasteiger partial charge in [-0.15, -0.1) is 12.3 Å². The number of carbonyl (C=O) groups excluding carboxylic acids is 2. The molecule has 0 saturated carbocycles. The van der Waals surface area contributed by atoms with Crippen LogP contribution in [0, 0.1) is 15.9 Å². The van der Waals surface area contributed by atoms with Gasteiger partial charge in [-0.25, -0.2) is 4.79 Å². The summed E-state index contributed by atoms with van der Waals surface area (Å²) in [5, 5.41) is 14.1. The molecule has 0 aliphatic rings. The Bertz CT molecular complexity index is 622. The maximum Gasteiger partial charge on any atom is 0.326 e. The first-order valence-electron chi connectivity index (χ1n) is 6.81. The van der Waals surface area contributed by atoms with Crippen molar-refractivity contribution in [2.45, 2.75) is 31.8 Å². The molecule has 122 valence electrons. The molecule has 0 aromatic heterocycles. The minimum Gasteiger partial charge on any atom is -0.480 e. The number of halogens is 1. The molecule has 2 atom stereocenters. The normalized spacial score (nSPS) is 12.6. The van der Waals surface area contributed by atoms with Crippen LogP contribution < -0.4 is 10.6 Å². The van der Waals surface area contributed by atoms with Gasteiger partial charge in [0.1, 0.15) is 12.1 Å². The summed E-state index contributed by atoms with van der Waals surface area (Å²) in [6, 6.07) is 5.27. The lowest BCUT2D eigenvalue weighted by Crippen LogP contribution is -2.51. The van der Waals surface area contributed by atoms with Crippen LogP contribution in [0.1, 0.15) is 18.9 Å². The van der Waals surface area contributed by atoms with E-state index in [1.54, 1.807) is 12.1 Å². The molecule has 7 heteroatoms. The summed E-state index contributed by atoms with van der Waals surface area (Å²) < 4.78 is 1.03. The van der Waals surface area contributed by atoms with Crippen LogP contribution >= 0.6 is 22.6 Å². The number of amides is 2. The van der Waals surface area contributed by atoms with Gasteiger partial charge in [0.2, 0.25) is 11.8 Å². The second-order valence-electron chi connectivity index (χ2n) is 4.89. The van der Waals surface area contributed by atoms with Gasteiger partial charge >= 0.3 is 5.97 Å². The highest BCUT2D eigenvalue weighted by Gasteiger charge is 2.25. The SMILES string of the molecule is C#CC[C@H](NC(C)=O)C(=O)N[C@@H](Cc1ccc(I)cc1)C(=O)O. The highest BCUT2D eigenvalue weighted by molar-refractivity contribution is 14.1. The fraction of sp³-hybridized carbons (Fsp3) is 0.312. The number of carboxylic acid groups (broad SMARTS) is 1. The molecule has 0 saturated heterocycles. The van der Waals surface area contributed by atoms with Crippen LogP contribution in [-0.4, -0.2) is 35.0 Å². The van der Waals surface area contributed by atoms with E-state index >= 15 is 0 Å². The van der Waals surface area contributed by atoms with E-state index in [0.717, 1.165) is 9.13 Å². The number of nitrogens with one attached hydrogen (secondary N) is 2. The highest BCUT2D eigenvalue weighted by Crippen LogP contribution is 2.09. The number of carboxylic acids is 1. The van der Waals surface area contributed by atoms with Crippen molar-refractivity contribution in [1.82, 2.24) is 10.6 Å². The predicted molar refractivity (Wildman–Crippen MR) is 93.5 cm³/mol. The lowest BCUT2D eigenvalue weighted by molar-refractivity contribution is -0.142. The Morgan fingerprint density at radius 1 is 1.22 bits per heavy atom. The number of benzene rings is 1. The Kier molecular flexibility index (Phi) is 7.54. The van der Waals surface area contributed by atoms with Crippen LogP contribution in [0.5, 0.6) is 0 Å². The summed E-state index contributed by atoms with van der Waals surface area (Å²) in [6.07, 6.45) is 5.30. The Balaban J connectivity index is 2.79. The van der Waals surface area contributed by atoms with Gasteiger partial charge < -0.3 is 15.7 Å². The van der Waals surface area contributed by atoms with E-state index < -0.39 is 29.9 Å². The van der Waals surface area contributed by atoms with Gasteiger partial charge in [0, 0.05) is 23.3 Å². The van der Waals surface area contributed by atoms with Crippen LogP contribution in [0.15, 0.2) is 24.3 Å². The van der Waals surface area contributed by atoms with E-state index in [9.17, 15) is 19.5 Å². The first-order valence-corrected chi connectivity index (χ1v) is 7.89. The fourth-order valence-corrected chi connectivity index (χ4v) is 2.26. The minimum atomic E-state index is -1.15. The molecular formula is C16H17IN2O4. The maximum absolute atomic E-state index is 12.1. The molecule has 0 heterocycles. The molecule has 0 aliphatic heterocycles. The number of carbonyl (C=O) groups is 3. The molecule has 3 N–H and O–H groups in total. The summed E-state index contributed by atoms with van der Waals surface area (Å²) in [4.78, 5) is 34.6. The van der Waals surface area contributed by atoms with E-state index in [4.69, 9.17) is 6.42 Å². The molecule has 0 unspecified atom stereocenters. The smallest absolute Gasteiger partial charge is 0.326 e. The zero-order valence-electron chi connectivity index (χ0n) is 12.5. The molecular weight excluding hydrogens is 411 g/mol. The summed E-state index contributed by atoms with van der Waals surface area (Å²) in [7, 11) is 0. The Morgan fingerprint density at radius 3 is 2.30 bits per heavy atom. The first-order chi connectivity index (χ1) is 10.8. The number of hydrogen-bond acceptors (Lipinski definition) is 3. The zero-order valence-corrected chi connectivity index (χ0v) is 14.7. The van der Waals surface area contributed by atoms with Crippen molar-refractivity contribution in [3.63, 3.8) is 0 Å². The van der Waals surface area contributed by atoms with Gasteiger partial charge in [-0.05, 0) is 40.3 Å². The third kappa shape index (κ3) is 6.69. The topological polar surface area (TPSA) is 95.5 Å². The first kappa shape index (κ1) is 19.0. The van der Waals surface area contributed by atoms with Crippen molar-refractivity contribution >= 4 is 40.4 Å². The molecule has 1 rings (SSSR count). The van der Waals surface area contributed by atoms with Gasteiger partial charge in [0.05, 0.1) is 0 Å². The molecule has 0 fully saturated rings. The molecule has 2 amide bonds. The molecule has 0 spiro atoms. The lowest BCUT2D eigenvalue weighted by atomic mass is 10.1. The Morgan fingerprint density at radius 2 is 1.83 bits per heavy atom. The molecule has 0 bridgehead atoms.